The zero-order chi connectivity index (χ0) is 19.4. The molecule has 0 saturated carbocycles. The summed E-state index contributed by atoms with van der Waals surface area (Å²) in [6.45, 7) is 6.69. The summed E-state index contributed by atoms with van der Waals surface area (Å²) in [5.41, 5.74) is 3.74. The van der Waals surface area contributed by atoms with E-state index in [2.05, 4.69) is 5.32 Å². The van der Waals surface area contributed by atoms with Crippen LogP contribution in [0.4, 0.5) is 11.4 Å². The monoisotopic (exact) mass is 366 g/mol. The number of rotatable bonds is 6. The molecule has 1 unspecified atom stereocenters. The summed E-state index contributed by atoms with van der Waals surface area (Å²) in [5, 5.41) is 2.91. The van der Waals surface area contributed by atoms with Crippen LogP contribution in [0.3, 0.4) is 0 Å². The van der Waals surface area contributed by atoms with Crippen LogP contribution in [0.15, 0.2) is 42.5 Å². The Morgan fingerprint density at radius 2 is 1.93 bits per heavy atom. The largest absolute Gasteiger partial charge is 0.480 e. The van der Waals surface area contributed by atoms with Gasteiger partial charge < -0.3 is 15.0 Å². The molecule has 5 nitrogen and oxygen atoms in total. The maximum absolute atomic E-state index is 12.6. The lowest BCUT2D eigenvalue weighted by Gasteiger charge is -2.19. The molecule has 1 N–H and O–H groups in total. The van der Waals surface area contributed by atoms with Crippen molar-refractivity contribution < 1.29 is 14.3 Å². The number of carbonyl (C=O) groups is 2. The van der Waals surface area contributed by atoms with Crippen LogP contribution >= 0.6 is 0 Å². The molecule has 2 amide bonds. The third kappa shape index (κ3) is 4.48. The molecule has 2 aromatic rings. The Kier molecular flexibility index (Phi) is 5.79. The van der Waals surface area contributed by atoms with Gasteiger partial charge in [0.2, 0.25) is 5.91 Å². The fourth-order valence-corrected chi connectivity index (χ4v) is 3.28. The number of nitrogens with zero attached hydrogens (tertiary/aromatic N) is 1. The van der Waals surface area contributed by atoms with Gasteiger partial charge in [0.1, 0.15) is 5.75 Å². The Balaban J connectivity index is 1.65. The molecule has 1 aliphatic rings. The van der Waals surface area contributed by atoms with Crippen LogP contribution in [0, 0.1) is 13.8 Å². The van der Waals surface area contributed by atoms with E-state index >= 15 is 0 Å². The zero-order valence-electron chi connectivity index (χ0n) is 16.1. The molecule has 0 spiro atoms. The van der Waals surface area contributed by atoms with Crippen molar-refractivity contribution in [2.75, 3.05) is 16.8 Å². The van der Waals surface area contributed by atoms with Gasteiger partial charge >= 0.3 is 0 Å². The predicted octanol–water partition coefficient (Wildman–Crippen LogP) is 4.23. The average molecular weight is 366 g/mol. The highest BCUT2D eigenvalue weighted by Gasteiger charge is 2.22. The maximum Gasteiger partial charge on any atom is 0.265 e. The summed E-state index contributed by atoms with van der Waals surface area (Å²) < 4.78 is 5.94. The Morgan fingerprint density at radius 3 is 2.52 bits per heavy atom. The smallest absolute Gasteiger partial charge is 0.265 e. The summed E-state index contributed by atoms with van der Waals surface area (Å²) in [5.74, 6) is 0.702. The van der Waals surface area contributed by atoms with Gasteiger partial charge in [0.25, 0.3) is 5.91 Å². The van der Waals surface area contributed by atoms with Gasteiger partial charge in [-0.05, 0) is 62.6 Å². The van der Waals surface area contributed by atoms with Gasteiger partial charge in [0, 0.05) is 24.3 Å². The molecular formula is C22H26N2O3. The van der Waals surface area contributed by atoms with E-state index in [0.29, 0.717) is 18.5 Å². The summed E-state index contributed by atoms with van der Waals surface area (Å²) in [4.78, 5) is 26.2. The van der Waals surface area contributed by atoms with Crippen LogP contribution in [0.5, 0.6) is 5.75 Å². The van der Waals surface area contributed by atoms with Crippen LogP contribution in [0.25, 0.3) is 0 Å². The lowest BCUT2D eigenvalue weighted by atomic mass is 10.1. The highest BCUT2D eigenvalue weighted by molar-refractivity contribution is 5.97. The van der Waals surface area contributed by atoms with Crippen molar-refractivity contribution in [3.63, 3.8) is 0 Å². The van der Waals surface area contributed by atoms with Gasteiger partial charge in [-0.1, -0.05) is 24.6 Å². The highest BCUT2D eigenvalue weighted by Crippen LogP contribution is 2.24. The van der Waals surface area contributed by atoms with E-state index in [-0.39, 0.29) is 11.8 Å². The molecule has 1 saturated heterocycles. The van der Waals surface area contributed by atoms with E-state index in [0.717, 1.165) is 35.5 Å². The number of nitrogens with one attached hydrogen (secondary N) is 1. The molecule has 0 radical (unpaired) electrons. The lowest BCUT2D eigenvalue weighted by Crippen LogP contribution is -2.32. The van der Waals surface area contributed by atoms with E-state index < -0.39 is 6.10 Å². The fourth-order valence-electron chi connectivity index (χ4n) is 3.28. The Labute approximate surface area is 160 Å². The number of hydrogen-bond donors (Lipinski definition) is 1. The molecule has 0 aromatic heterocycles. The van der Waals surface area contributed by atoms with E-state index in [1.807, 2.05) is 63.2 Å². The Morgan fingerprint density at radius 1 is 1.19 bits per heavy atom. The van der Waals surface area contributed by atoms with Crippen molar-refractivity contribution >= 4 is 23.2 Å². The standard InChI is InChI=1S/C22H26N2O3/c1-4-19(27-20-12-7-15(2)14-16(20)3)22(26)23-17-8-10-18(11-9-17)24-13-5-6-21(24)25/h7-12,14,19H,4-6,13H2,1-3H3,(H,23,26). The third-order valence-electron chi connectivity index (χ3n) is 4.78. The van der Waals surface area contributed by atoms with Crippen LogP contribution in [-0.4, -0.2) is 24.5 Å². The second-order valence-electron chi connectivity index (χ2n) is 6.97. The van der Waals surface area contributed by atoms with Crippen molar-refractivity contribution in [2.24, 2.45) is 0 Å². The minimum atomic E-state index is -0.564. The van der Waals surface area contributed by atoms with Gasteiger partial charge in [-0.25, -0.2) is 0 Å². The zero-order valence-corrected chi connectivity index (χ0v) is 16.1. The van der Waals surface area contributed by atoms with Crippen molar-refractivity contribution in [1.29, 1.82) is 0 Å². The molecule has 1 fully saturated rings. The van der Waals surface area contributed by atoms with Crippen molar-refractivity contribution in [3.8, 4) is 5.75 Å². The fraction of sp³-hybridized carbons (Fsp3) is 0.364. The minimum Gasteiger partial charge on any atom is -0.480 e. The topological polar surface area (TPSA) is 58.6 Å². The van der Waals surface area contributed by atoms with Crippen molar-refractivity contribution in [1.82, 2.24) is 0 Å². The maximum atomic E-state index is 12.6. The number of aryl methyl sites for hydroxylation is 2. The summed E-state index contributed by atoms with van der Waals surface area (Å²) in [7, 11) is 0. The summed E-state index contributed by atoms with van der Waals surface area (Å²) in [6.07, 6.45) is 1.50. The number of anilines is 2. The van der Waals surface area contributed by atoms with Gasteiger partial charge in [0.05, 0.1) is 0 Å². The lowest BCUT2D eigenvalue weighted by molar-refractivity contribution is -0.122. The first-order valence-electron chi connectivity index (χ1n) is 9.43. The van der Waals surface area contributed by atoms with E-state index in [1.54, 1.807) is 4.90 Å². The molecule has 142 valence electrons. The Hall–Kier alpha value is -2.82. The van der Waals surface area contributed by atoms with Crippen LogP contribution < -0.4 is 15.0 Å². The van der Waals surface area contributed by atoms with E-state index in [1.165, 1.54) is 0 Å². The molecule has 27 heavy (non-hydrogen) atoms. The molecule has 0 bridgehead atoms. The first-order chi connectivity index (χ1) is 13.0. The number of hydrogen-bond acceptors (Lipinski definition) is 3. The molecule has 1 aliphatic heterocycles. The third-order valence-corrected chi connectivity index (χ3v) is 4.78. The molecule has 3 rings (SSSR count). The first kappa shape index (κ1) is 19.0. The quantitative estimate of drug-likeness (QED) is 0.832. The number of carbonyl (C=O) groups excluding carboxylic acids is 2. The molecule has 2 aromatic carbocycles. The van der Waals surface area contributed by atoms with Gasteiger partial charge in [0.15, 0.2) is 6.10 Å². The second-order valence-corrected chi connectivity index (χ2v) is 6.97. The summed E-state index contributed by atoms with van der Waals surface area (Å²) >= 11 is 0. The minimum absolute atomic E-state index is 0.153. The van der Waals surface area contributed by atoms with Crippen LogP contribution in [-0.2, 0) is 9.59 Å². The van der Waals surface area contributed by atoms with Crippen molar-refractivity contribution in [2.45, 2.75) is 46.1 Å². The molecule has 1 heterocycles. The number of benzene rings is 2. The normalized spacial score (nSPS) is 14.9. The van der Waals surface area contributed by atoms with Gasteiger partial charge in [-0.2, -0.15) is 0 Å². The first-order valence-corrected chi connectivity index (χ1v) is 9.43. The van der Waals surface area contributed by atoms with Crippen molar-refractivity contribution in [3.05, 3.63) is 53.6 Å². The van der Waals surface area contributed by atoms with E-state index in [9.17, 15) is 9.59 Å². The number of amides is 2. The van der Waals surface area contributed by atoms with Crippen LogP contribution in [0.1, 0.15) is 37.3 Å². The van der Waals surface area contributed by atoms with Gasteiger partial charge in [-0.15, -0.1) is 0 Å². The van der Waals surface area contributed by atoms with E-state index in [4.69, 9.17) is 4.74 Å². The van der Waals surface area contributed by atoms with Gasteiger partial charge in [-0.3, -0.25) is 9.59 Å². The van der Waals surface area contributed by atoms with Crippen LogP contribution in [0.2, 0.25) is 0 Å². The SMILES string of the molecule is CCC(Oc1ccc(C)cc1C)C(=O)Nc1ccc(N2CCCC2=O)cc1. The molecular weight excluding hydrogens is 340 g/mol. The summed E-state index contributed by atoms with van der Waals surface area (Å²) in [6, 6.07) is 13.3. The second kappa shape index (κ2) is 8.25. The molecule has 1 atom stereocenters. The molecule has 5 heteroatoms. The Bertz CT molecular complexity index is 830. The predicted molar refractivity (Wildman–Crippen MR) is 107 cm³/mol. The number of ether oxygens (including phenoxy) is 1. The molecule has 0 aliphatic carbocycles. The highest BCUT2D eigenvalue weighted by atomic mass is 16.5. The average Bonchev–Trinajstić information content (AvgIpc) is 3.07.